The molecule has 4 unspecified atom stereocenters. The van der Waals surface area contributed by atoms with Gasteiger partial charge < -0.3 is 9.47 Å². The summed E-state index contributed by atoms with van der Waals surface area (Å²) in [5, 5.41) is 5.60. The molecule has 0 spiro atoms. The number of fused-ring (bicyclic) bond motifs is 6. The summed E-state index contributed by atoms with van der Waals surface area (Å²) in [4.78, 5) is 25.3. The number of thioether (sulfide) groups is 1. The summed E-state index contributed by atoms with van der Waals surface area (Å²) < 4.78 is 10.5. The van der Waals surface area contributed by atoms with Crippen LogP contribution >= 0.6 is 11.8 Å². The van der Waals surface area contributed by atoms with Crippen molar-refractivity contribution in [2.75, 3.05) is 13.2 Å². The van der Waals surface area contributed by atoms with Crippen LogP contribution in [0.25, 0.3) is 0 Å². The second kappa shape index (κ2) is 8.44. The monoisotopic (exact) mass is 450 g/mol. The Morgan fingerprint density at radius 3 is 1.74 bits per heavy atom. The Labute approximate surface area is 186 Å². The highest BCUT2D eigenvalue weighted by atomic mass is 32.2. The molecule has 4 atom stereocenters. The minimum atomic E-state index is -0.409. The summed E-state index contributed by atoms with van der Waals surface area (Å²) in [6.07, 6.45) is 7.16. The van der Waals surface area contributed by atoms with Gasteiger partial charge in [-0.1, -0.05) is 25.7 Å². The second-order valence-corrected chi connectivity index (χ2v) is 9.51. The fourth-order valence-corrected chi connectivity index (χ4v) is 6.73. The highest BCUT2D eigenvalue weighted by Crippen LogP contribution is 2.50. The number of carbonyl (C=O) groups is 2. The third-order valence-electron chi connectivity index (χ3n) is 6.88. The molecule has 10 nitrogen and oxygen atoms in total. The van der Waals surface area contributed by atoms with Crippen LogP contribution in [-0.2, 0) is 19.1 Å². The average molecular weight is 451 g/mol. The zero-order valence-electron chi connectivity index (χ0n) is 17.9. The number of hydrogen-bond donors (Lipinski definition) is 4. The number of esters is 2. The normalized spacial score (nSPS) is 31.7. The van der Waals surface area contributed by atoms with Crippen molar-refractivity contribution < 1.29 is 19.1 Å². The van der Waals surface area contributed by atoms with Crippen molar-refractivity contribution in [3.63, 3.8) is 0 Å². The first kappa shape index (κ1) is 20.8. The largest absolute Gasteiger partial charge is 0.461 e. The summed E-state index contributed by atoms with van der Waals surface area (Å²) in [5.74, 6) is 0.544. The van der Waals surface area contributed by atoms with Gasteiger partial charge in [-0.2, -0.15) is 0 Å². The molecular weight excluding hydrogens is 420 g/mol. The number of rotatable bonds is 4. The second-order valence-electron chi connectivity index (χ2n) is 8.53. The molecule has 5 aliphatic rings. The predicted octanol–water partition coefficient (Wildman–Crippen LogP) is 1.18. The van der Waals surface area contributed by atoms with Gasteiger partial charge in [0.25, 0.3) is 0 Å². The standard InChI is InChI=1S/C20H30N6O4S/c1-3-29-19(27)15-17-25(23-21-15)13-9-11-7-5-6-8-12(11)10-14(13)26-18(31-17)16(22-24-26)20(28)30-4-2/h11-14,21-24H,3-10H2,1-2H3. The molecule has 5 rings (SSSR count). The molecule has 31 heavy (non-hydrogen) atoms. The van der Waals surface area contributed by atoms with E-state index in [-0.39, 0.29) is 12.1 Å². The van der Waals surface area contributed by atoms with E-state index in [1.807, 2.05) is 0 Å². The van der Waals surface area contributed by atoms with Crippen molar-refractivity contribution in [3.05, 3.63) is 21.5 Å². The Hall–Kier alpha value is -2.11. The first-order valence-corrected chi connectivity index (χ1v) is 12.1. The predicted molar refractivity (Wildman–Crippen MR) is 113 cm³/mol. The van der Waals surface area contributed by atoms with Crippen LogP contribution in [0.2, 0.25) is 0 Å². The summed E-state index contributed by atoms with van der Waals surface area (Å²) in [6.45, 7) is 4.17. The van der Waals surface area contributed by atoms with Crippen LogP contribution in [0.5, 0.6) is 0 Å². The van der Waals surface area contributed by atoms with E-state index in [1.54, 1.807) is 13.8 Å². The van der Waals surface area contributed by atoms with Crippen LogP contribution in [-0.4, -0.2) is 47.3 Å². The molecule has 3 aliphatic heterocycles. The van der Waals surface area contributed by atoms with Crippen molar-refractivity contribution in [2.24, 2.45) is 11.8 Å². The third-order valence-corrected chi connectivity index (χ3v) is 8.07. The van der Waals surface area contributed by atoms with E-state index in [1.165, 1.54) is 37.4 Å². The first-order valence-electron chi connectivity index (χ1n) is 11.2. The number of carbonyl (C=O) groups excluding carboxylic acids is 2. The highest BCUT2D eigenvalue weighted by Gasteiger charge is 2.51. The van der Waals surface area contributed by atoms with E-state index in [9.17, 15) is 9.59 Å². The lowest BCUT2D eigenvalue weighted by molar-refractivity contribution is -0.139. The zero-order chi connectivity index (χ0) is 21.5. The van der Waals surface area contributed by atoms with Crippen molar-refractivity contribution >= 4 is 23.7 Å². The van der Waals surface area contributed by atoms with Gasteiger partial charge in [-0.05, 0) is 50.3 Å². The van der Waals surface area contributed by atoms with Crippen LogP contribution < -0.4 is 21.9 Å². The minimum Gasteiger partial charge on any atom is -0.461 e. The Balaban J connectivity index is 1.56. The van der Waals surface area contributed by atoms with Gasteiger partial charge in [0.1, 0.15) is 10.1 Å². The van der Waals surface area contributed by atoms with Crippen molar-refractivity contribution in [3.8, 4) is 0 Å². The lowest BCUT2D eigenvalue weighted by atomic mass is 9.67. The van der Waals surface area contributed by atoms with E-state index >= 15 is 0 Å². The molecule has 2 aliphatic carbocycles. The van der Waals surface area contributed by atoms with E-state index in [2.05, 4.69) is 31.9 Å². The SMILES string of the molecule is CCOC(=O)C1=C2SC3=C(C(=O)OCC)NNN3C3CC4CCCCC4CC3N2NN1. The number of ether oxygens (including phenoxy) is 2. The van der Waals surface area contributed by atoms with Gasteiger partial charge in [0.2, 0.25) is 0 Å². The van der Waals surface area contributed by atoms with Crippen molar-refractivity contribution in [2.45, 2.75) is 64.5 Å². The molecule has 0 amide bonds. The zero-order valence-corrected chi connectivity index (χ0v) is 18.7. The van der Waals surface area contributed by atoms with Crippen LogP contribution in [0.15, 0.2) is 21.5 Å². The number of nitrogens with one attached hydrogen (secondary N) is 4. The van der Waals surface area contributed by atoms with Crippen molar-refractivity contribution in [1.29, 1.82) is 0 Å². The fraction of sp³-hybridized carbons (Fsp3) is 0.700. The molecule has 3 heterocycles. The molecule has 0 radical (unpaired) electrons. The maximum atomic E-state index is 12.6. The maximum Gasteiger partial charge on any atom is 0.358 e. The molecule has 170 valence electrons. The lowest BCUT2D eigenvalue weighted by Crippen LogP contribution is -2.60. The van der Waals surface area contributed by atoms with Gasteiger partial charge in [-0.15, -0.1) is 11.1 Å². The van der Waals surface area contributed by atoms with Gasteiger partial charge >= 0.3 is 11.9 Å². The van der Waals surface area contributed by atoms with Crippen LogP contribution in [0.3, 0.4) is 0 Å². The van der Waals surface area contributed by atoms with Gasteiger partial charge in [0.15, 0.2) is 11.4 Å². The molecule has 2 saturated carbocycles. The summed E-state index contributed by atoms with van der Waals surface area (Å²) in [6, 6.07) is 0.268. The number of hydrogen-bond acceptors (Lipinski definition) is 11. The molecule has 0 bridgehead atoms. The molecule has 1 saturated heterocycles. The van der Waals surface area contributed by atoms with Gasteiger partial charge in [0.05, 0.1) is 25.3 Å². The third kappa shape index (κ3) is 3.52. The van der Waals surface area contributed by atoms with E-state index in [0.717, 1.165) is 22.9 Å². The highest BCUT2D eigenvalue weighted by molar-refractivity contribution is 8.06. The molecule has 0 aromatic carbocycles. The van der Waals surface area contributed by atoms with E-state index in [0.29, 0.717) is 36.4 Å². The maximum absolute atomic E-state index is 12.6. The molecule has 0 aromatic rings. The smallest absolute Gasteiger partial charge is 0.358 e. The number of hydrazine groups is 4. The topological polar surface area (TPSA) is 107 Å². The molecule has 11 heteroatoms. The molecule has 3 fully saturated rings. The fourth-order valence-electron chi connectivity index (χ4n) is 5.52. The van der Waals surface area contributed by atoms with Gasteiger partial charge in [-0.25, -0.2) is 9.59 Å². The van der Waals surface area contributed by atoms with Gasteiger partial charge in [-0.3, -0.25) is 20.9 Å². The molecule has 4 N–H and O–H groups in total. The summed E-state index contributed by atoms with van der Waals surface area (Å²) in [5.41, 5.74) is 13.2. The Morgan fingerprint density at radius 1 is 0.871 bits per heavy atom. The van der Waals surface area contributed by atoms with E-state index < -0.39 is 11.9 Å². The van der Waals surface area contributed by atoms with Crippen molar-refractivity contribution in [1.82, 2.24) is 31.9 Å². The Kier molecular flexibility index (Phi) is 5.65. The quantitative estimate of drug-likeness (QED) is 0.464. The molecule has 0 aromatic heterocycles. The minimum absolute atomic E-state index is 0.134. The van der Waals surface area contributed by atoms with Crippen LogP contribution in [0.1, 0.15) is 52.4 Å². The number of nitrogens with zero attached hydrogens (tertiary/aromatic N) is 2. The van der Waals surface area contributed by atoms with E-state index in [4.69, 9.17) is 9.47 Å². The Morgan fingerprint density at radius 2 is 1.32 bits per heavy atom. The lowest BCUT2D eigenvalue weighted by Gasteiger charge is -2.48. The Bertz CT molecular complexity index is 766. The van der Waals surface area contributed by atoms with Crippen LogP contribution in [0.4, 0.5) is 0 Å². The summed E-state index contributed by atoms with van der Waals surface area (Å²) >= 11 is 1.38. The first-order chi connectivity index (χ1) is 15.1. The average Bonchev–Trinajstić information content (AvgIpc) is 3.35. The van der Waals surface area contributed by atoms with Crippen LogP contribution in [0, 0.1) is 11.8 Å². The summed E-state index contributed by atoms with van der Waals surface area (Å²) in [7, 11) is 0. The van der Waals surface area contributed by atoms with Gasteiger partial charge in [0, 0.05) is 0 Å². The molecular formula is C20H30N6O4S.